The fraction of sp³-hybridized carbons (Fsp3) is 0.333. The van der Waals surface area contributed by atoms with E-state index in [1.807, 2.05) is 42.5 Å². The lowest BCUT2D eigenvalue weighted by atomic mass is 10.1. The van der Waals surface area contributed by atoms with Crippen molar-refractivity contribution in [3.8, 4) is 0 Å². The Morgan fingerprint density at radius 2 is 1.65 bits per heavy atom. The maximum absolute atomic E-state index is 13.1. The Hall–Kier alpha value is -2.66. The summed E-state index contributed by atoms with van der Waals surface area (Å²) >= 11 is 0. The molecule has 0 saturated heterocycles. The van der Waals surface area contributed by atoms with Gasteiger partial charge in [-0.1, -0.05) is 38.1 Å². The molecule has 5 heteroatoms. The van der Waals surface area contributed by atoms with Crippen molar-refractivity contribution in [3.05, 3.63) is 54.1 Å². The molecule has 5 nitrogen and oxygen atoms in total. The van der Waals surface area contributed by atoms with Crippen LogP contribution >= 0.6 is 0 Å². The van der Waals surface area contributed by atoms with E-state index in [1.165, 1.54) is 0 Å². The standard InChI is InChI=1S/C21H25N3O2/c1-3-23(4-2)15-9-14-20(25)24-18-12-7-5-10-16(18)21(26)22-17-11-6-8-13-19(17)24/h5-8,10-13H,3-4,9,14-15H2,1-2H3,(H,22,26). The number of para-hydroxylation sites is 3. The molecule has 1 aliphatic rings. The van der Waals surface area contributed by atoms with E-state index < -0.39 is 0 Å². The minimum atomic E-state index is -0.188. The van der Waals surface area contributed by atoms with Crippen molar-refractivity contribution in [1.82, 2.24) is 4.90 Å². The van der Waals surface area contributed by atoms with Gasteiger partial charge in [0.25, 0.3) is 5.91 Å². The largest absolute Gasteiger partial charge is 0.320 e. The van der Waals surface area contributed by atoms with Gasteiger partial charge in [0.1, 0.15) is 0 Å². The van der Waals surface area contributed by atoms with Gasteiger partial charge in [0, 0.05) is 6.42 Å². The Labute approximate surface area is 154 Å². The molecular formula is C21H25N3O2. The quantitative estimate of drug-likeness (QED) is 0.854. The number of hydrogen-bond donors (Lipinski definition) is 1. The highest BCUT2D eigenvalue weighted by Gasteiger charge is 2.28. The molecule has 0 saturated carbocycles. The maximum atomic E-state index is 13.1. The third-order valence-corrected chi connectivity index (χ3v) is 4.79. The number of carbonyl (C=O) groups is 2. The molecule has 1 aliphatic heterocycles. The van der Waals surface area contributed by atoms with E-state index in [0.29, 0.717) is 23.4 Å². The molecule has 1 heterocycles. The van der Waals surface area contributed by atoms with E-state index in [0.717, 1.165) is 31.7 Å². The zero-order valence-corrected chi connectivity index (χ0v) is 15.4. The fourth-order valence-electron chi connectivity index (χ4n) is 3.33. The summed E-state index contributed by atoms with van der Waals surface area (Å²) in [5.41, 5.74) is 2.54. The third-order valence-electron chi connectivity index (χ3n) is 4.79. The van der Waals surface area contributed by atoms with E-state index in [9.17, 15) is 9.59 Å². The first-order valence-electron chi connectivity index (χ1n) is 9.20. The van der Waals surface area contributed by atoms with Crippen LogP contribution in [0.3, 0.4) is 0 Å². The summed E-state index contributed by atoms with van der Waals surface area (Å²) < 4.78 is 0. The first kappa shape index (κ1) is 18.1. The van der Waals surface area contributed by atoms with Crippen LogP contribution in [-0.4, -0.2) is 36.3 Å². The Kier molecular flexibility index (Phi) is 5.68. The lowest BCUT2D eigenvalue weighted by molar-refractivity contribution is -0.118. The molecule has 2 aromatic carbocycles. The number of anilines is 3. The molecule has 0 bridgehead atoms. The summed E-state index contributed by atoms with van der Waals surface area (Å²) in [5, 5.41) is 2.91. The van der Waals surface area contributed by atoms with Gasteiger partial charge in [-0.2, -0.15) is 0 Å². The highest BCUT2D eigenvalue weighted by Crippen LogP contribution is 2.38. The van der Waals surface area contributed by atoms with Gasteiger partial charge >= 0.3 is 0 Å². The smallest absolute Gasteiger partial charge is 0.257 e. The number of carbonyl (C=O) groups excluding carboxylic acids is 2. The van der Waals surface area contributed by atoms with Gasteiger partial charge in [0.05, 0.1) is 22.6 Å². The molecule has 26 heavy (non-hydrogen) atoms. The molecule has 136 valence electrons. The van der Waals surface area contributed by atoms with E-state index in [4.69, 9.17) is 0 Å². The molecule has 0 aromatic heterocycles. The molecule has 0 radical (unpaired) electrons. The van der Waals surface area contributed by atoms with Gasteiger partial charge in [-0.25, -0.2) is 0 Å². The van der Waals surface area contributed by atoms with Gasteiger partial charge in [0.15, 0.2) is 0 Å². The van der Waals surface area contributed by atoms with Crippen LogP contribution in [0.25, 0.3) is 0 Å². The Morgan fingerprint density at radius 1 is 1.00 bits per heavy atom. The molecule has 0 aliphatic carbocycles. The Bertz CT molecular complexity index is 799. The number of fused-ring (bicyclic) bond motifs is 2. The number of rotatable bonds is 6. The normalized spacial score (nSPS) is 13.0. The van der Waals surface area contributed by atoms with E-state index in [1.54, 1.807) is 11.0 Å². The second-order valence-corrected chi connectivity index (χ2v) is 6.35. The summed E-state index contributed by atoms with van der Waals surface area (Å²) in [6, 6.07) is 14.7. The summed E-state index contributed by atoms with van der Waals surface area (Å²) in [7, 11) is 0. The SMILES string of the molecule is CCN(CC)CCCC(=O)N1c2ccccc2NC(=O)c2ccccc21. The third kappa shape index (κ3) is 3.63. The number of amides is 2. The van der Waals surface area contributed by atoms with Crippen molar-refractivity contribution in [3.63, 3.8) is 0 Å². The molecule has 2 aromatic rings. The lowest BCUT2D eigenvalue weighted by Crippen LogP contribution is -2.29. The second-order valence-electron chi connectivity index (χ2n) is 6.35. The van der Waals surface area contributed by atoms with Crippen molar-refractivity contribution >= 4 is 28.9 Å². The van der Waals surface area contributed by atoms with Crippen LogP contribution < -0.4 is 10.2 Å². The molecular weight excluding hydrogens is 326 g/mol. The summed E-state index contributed by atoms with van der Waals surface area (Å²) in [6.45, 7) is 7.12. The molecule has 0 spiro atoms. The van der Waals surface area contributed by atoms with Gasteiger partial charge in [-0.3, -0.25) is 14.5 Å². The Morgan fingerprint density at radius 3 is 2.38 bits per heavy atom. The van der Waals surface area contributed by atoms with Crippen LogP contribution in [0.5, 0.6) is 0 Å². The van der Waals surface area contributed by atoms with Crippen LogP contribution in [0.1, 0.15) is 37.0 Å². The minimum Gasteiger partial charge on any atom is -0.320 e. The Balaban J connectivity index is 1.91. The number of hydrogen-bond acceptors (Lipinski definition) is 3. The van der Waals surface area contributed by atoms with Crippen molar-refractivity contribution in [2.45, 2.75) is 26.7 Å². The maximum Gasteiger partial charge on any atom is 0.257 e. The van der Waals surface area contributed by atoms with Gasteiger partial charge in [0.2, 0.25) is 5.91 Å². The highest BCUT2D eigenvalue weighted by atomic mass is 16.2. The second kappa shape index (κ2) is 8.15. The van der Waals surface area contributed by atoms with Crippen molar-refractivity contribution in [2.24, 2.45) is 0 Å². The molecule has 0 atom stereocenters. The first-order valence-corrected chi connectivity index (χ1v) is 9.20. The predicted molar refractivity (Wildman–Crippen MR) is 105 cm³/mol. The highest BCUT2D eigenvalue weighted by molar-refractivity contribution is 6.17. The van der Waals surface area contributed by atoms with Gasteiger partial charge < -0.3 is 10.2 Å². The molecule has 3 rings (SSSR count). The van der Waals surface area contributed by atoms with Crippen molar-refractivity contribution in [1.29, 1.82) is 0 Å². The van der Waals surface area contributed by atoms with Crippen LogP contribution in [0.4, 0.5) is 17.1 Å². The first-order chi connectivity index (χ1) is 12.7. The van der Waals surface area contributed by atoms with Gasteiger partial charge in [-0.05, 0) is 50.3 Å². The molecule has 0 fully saturated rings. The van der Waals surface area contributed by atoms with Crippen molar-refractivity contribution < 1.29 is 9.59 Å². The summed E-state index contributed by atoms with van der Waals surface area (Å²) in [4.78, 5) is 29.7. The van der Waals surface area contributed by atoms with E-state index in [-0.39, 0.29) is 11.8 Å². The molecule has 1 N–H and O–H groups in total. The summed E-state index contributed by atoms with van der Waals surface area (Å²) in [5.74, 6) is -0.181. The number of nitrogens with one attached hydrogen (secondary N) is 1. The predicted octanol–water partition coefficient (Wildman–Crippen LogP) is 4.04. The van der Waals surface area contributed by atoms with Crippen molar-refractivity contribution in [2.75, 3.05) is 29.9 Å². The van der Waals surface area contributed by atoms with E-state index in [2.05, 4.69) is 24.1 Å². The number of benzene rings is 2. The van der Waals surface area contributed by atoms with Gasteiger partial charge in [-0.15, -0.1) is 0 Å². The van der Waals surface area contributed by atoms with Crippen LogP contribution in [0.2, 0.25) is 0 Å². The minimum absolute atomic E-state index is 0.00792. The molecule has 2 amide bonds. The fourth-order valence-corrected chi connectivity index (χ4v) is 3.33. The van der Waals surface area contributed by atoms with Crippen LogP contribution in [0, 0.1) is 0 Å². The van der Waals surface area contributed by atoms with Crippen LogP contribution in [-0.2, 0) is 4.79 Å². The van der Waals surface area contributed by atoms with Crippen LogP contribution in [0.15, 0.2) is 48.5 Å². The number of nitrogens with zero attached hydrogens (tertiary/aromatic N) is 2. The molecule has 0 unspecified atom stereocenters. The topological polar surface area (TPSA) is 52.7 Å². The zero-order chi connectivity index (χ0) is 18.5. The average molecular weight is 351 g/mol. The zero-order valence-electron chi connectivity index (χ0n) is 15.4. The summed E-state index contributed by atoms with van der Waals surface area (Å²) in [6.07, 6.45) is 1.23. The average Bonchev–Trinajstić information content (AvgIpc) is 2.79. The lowest BCUT2D eigenvalue weighted by Gasteiger charge is -2.25. The van der Waals surface area contributed by atoms with E-state index >= 15 is 0 Å². The monoisotopic (exact) mass is 351 g/mol.